The highest BCUT2D eigenvalue weighted by Crippen LogP contribution is 2.31. The van der Waals surface area contributed by atoms with Crippen molar-refractivity contribution in [3.05, 3.63) is 103 Å². The first-order valence-corrected chi connectivity index (χ1v) is 11.4. The number of esters is 1. The Bertz CT molecular complexity index is 1300. The van der Waals surface area contributed by atoms with Gasteiger partial charge in [-0.2, -0.15) is 0 Å². The zero-order chi connectivity index (χ0) is 24.1. The predicted molar refractivity (Wildman–Crippen MR) is 135 cm³/mol. The lowest BCUT2D eigenvalue weighted by Crippen LogP contribution is -2.05. The molecule has 0 unspecified atom stereocenters. The number of hydrogen-bond donors (Lipinski definition) is 0. The summed E-state index contributed by atoms with van der Waals surface area (Å²) in [6.07, 6.45) is 1.59. The van der Waals surface area contributed by atoms with E-state index in [0.717, 1.165) is 9.13 Å². The minimum Gasteiger partial charge on any atom is -0.490 e. The van der Waals surface area contributed by atoms with Crippen molar-refractivity contribution in [2.24, 2.45) is 4.99 Å². The molecular weight excluding hydrogens is 551 g/mol. The van der Waals surface area contributed by atoms with Gasteiger partial charge in [-0.25, -0.2) is 9.79 Å². The number of nitro benzene ring substituents is 1. The van der Waals surface area contributed by atoms with Crippen LogP contribution in [-0.2, 0) is 16.1 Å². The quantitative estimate of drug-likeness (QED) is 0.116. The summed E-state index contributed by atoms with van der Waals surface area (Å²) in [5, 5.41) is 10.8. The molecule has 0 bridgehead atoms. The Morgan fingerprint density at radius 3 is 2.53 bits per heavy atom. The first kappa shape index (κ1) is 23.4. The molecule has 0 aromatic heterocycles. The molecule has 0 N–H and O–H groups in total. The standard InChI is InChI=1S/C25H19IN2O6/c1-2-32-23-14-16(7-12-22(23)33-15-18-5-3-4-6-20(18)26)13-21-25(29)34-24(27-21)17-8-10-19(11-9-17)28(30)31/h3-14H,2,15H2,1H3/b21-13-. The number of carbonyl (C=O) groups excluding carboxylic acids is 1. The van der Waals surface area contributed by atoms with Gasteiger partial charge in [0.2, 0.25) is 5.90 Å². The molecule has 4 rings (SSSR count). The molecule has 8 nitrogen and oxygen atoms in total. The van der Waals surface area contributed by atoms with E-state index in [-0.39, 0.29) is 17.3 Å². The Balaban J connectivity index is 1.55. The number of aliphatic imine (C=N–C) groups is 1. The molecule has 3 aromatic rings. The second kappa shape index (κ2) is 10.5. The molecule has 0 fully saturated rings. The average molecular weight is 570 g/mol. The fourth-order valence-corrected chi connectivity index (χ4v) is 3.73. The zero-order valence-electron chi connectivity index (χ0n) is 18.1. The van der Waals surface area contributed by atoms with Crippen LogP contribution in [0.4, 0.5) is 5.69 Å². The summed E-state index contributed by atoms with van der Waals surface area (Å²) in [5.41, 5.74) is 2.28. The van der Waals surface area contributed by atoms with Gasteiger partial charge < -0.3 is 14.2 Å². The lowest BCUT2D eigenvalue weighted by molar-refractivity contribution is -0.384. The van der Waals surface area contributed by atoms with Crippen molar-refractivity contribution in [2.75, 3.05) is 6.61 Å². The molecule has 0 spiro atoms. The maximum Gasteiger partial charge on any atom is 0.363 e. The molecule has 172 valence electrons. The smallest absolute Gasteiger partial charge is 0.363 e. The molecule has 0 amide bonds. The van der Waals surface area contributed by atoms with Crippen molar-refractivity contribution in [3.8, 4) is 11.5 Å². The van der Waals surface area contributed by atoms with Gasteiger partial charge in [-0.05, 0) is 71.5 Å². The molecule has 1 aliphatic rings. The van der Waals surface area contributed by atoms with Gasteiger partial charge in [0.25, 0.3) is 5.69 Å². The van der Waals surface area contributed by atoms with Crippen LogP contribution in [0.5, 0.6) is 11.5 Å². The molecule has 34 heavy (non-hydrogen) atoms. The van der Waals surface area contributed by atoms with E-state index in [0.29, 0.717) is 35.8 Å². The fourth-order valence-electron chi connectivity index (χ4n) is 3.19. The number of carbonyl (C=O) groups is 1. The SMILES string of the molecule is CCOc1cc(/C=C2\N=C(c3ccc([N+](=O)[O-])cc3)OC2=O)ccc1OCc1ccccc1I. The van der Waals surface area contributed by atoms with E-state index in [2.05, 4.69) is 27.6 Å². The van der Waals surface area contributed by atoms with E-state index >= 15 is 0 Å². The largest absolute Gasteiger partial charge is 0.490 e. The van der Waals surface area contributed by atoms with Crippen molar-refractivity contribution >= 4 is 46.2 Å². The number of benzene rings is 3. The highest BCUT2D eigenvalue weighted by molar-refractivity contribution is 14.1. The van der Waals surface area contributed by atoms with E-state index in [1.165, 1.54) is 24.3 Å². The summed E-state index contributed by atoms with van der Waals surface area (Å²) in [6.45, 7) is 2.72. The zero-order valence-corrected chi connectivity index (χ0v) is 20.2. The third kappa shape index (κ3) is 5.42. The van der Waals surface area contributed by atoms with Crippen LogP contribution in [0.1, 0.15) is 23.6 Å². The van der Waals surface area contributed by atoms with Gasteiger partial charge >= 0.3 is 5.97 Å². The number of rotatable bonds is 8. The lowest BCUT2D eigenvalue weighted by Gasteiger charge is -2.13. The Morgan fingerprint density at radius 1 is 1.06 bits per heavy atom. The second-order valence-electron chi connectivity index (χ2n) is 7.16. The van der Waals surface area contributed by atoms with E-state index in [4.69, 9.17) is 14.2 Å². The molecule has 3 aromatic carbocycles. The van der Waals surface area contributed by atoms with Crippen LogP contribution >= 0.6 is 22.6 Å². The van der Waals surface area contributed by atoms with E-state index in [1.807, 2.05) is 31.2 Å². The third-order valence-electron chi connectivity index (χ3n) is 4.86. The first-order valence-electron chi connectivity index (χ1n) is 10.3. The molecule has 9 heteroatoms. The van der Waals surface area contributed by atoms with Gasteiger partial charge in [-0.1, -0.05) is 24.3 Å². The Labute approximate surface area is 209 Å². The normalized spacial score (nSPS) is 14.0. The molecule has 0 radical (unpaired) electrons. The van der Waals surface area contributed by atoms with Gasteiger partial charge in [0, 0.05) is 26.8 Å². The molecule has 1 aliphatic heterocycles. The van der Waals surface area contributed by atoms with Crippen LogP contribution in [0, 0.1) is 13.7 Å². The maximum absolute atomic E-state index is 12.3. The summed E-state index contributed by atoms with van der Waals surface area (Å²) >= 11 is 2.27. The van der Waals surface area contributed by atoms with Crippen molar-refractivity contribution in [2.45, 2.75) is 13.5 Å². The van der Waals surface area contributed by atoms with Crippen LogP contribution in [0.2, 0.25) is 0 Å². The predicted octanol–water partition coefficient (Wildman–Crippen LogP) is 5.52. The first-order chi connectivity index (χ1) is 16.4. The number of non-ortho nitro benzene ring substituents is 1. The van der Waals surface area contributed by atoms with E-state index < -0.39 is 10.9 Å². The molecule has 1 heterocycles. The Hall–Kier alpha value is -3.73. The summed E-state index contributed by atoms with van der Waals surface area (Å²) in [6, 6.07) is 19.0. The summed E-state index contributed by atoms with van der Waals surface area (Å²) in [7, 11) is 0. The van der Waals surface area contributed by atoms with Crippen LogP contribution < -0.4 is 9.47 Å². The summed E-state index contributed by atoms with van der Waals surface area (Å²) < 4.78 is 18.1. The number of hydrogen-bond acceptors (Lipinski definition) is 7. The monoisotopic (exact) mass is 570 g/mol. The topological polar surface area (TPSA) is 100 Å². The highest BCUT2D eigenvalue weighted by Gasteiger charge is 2.24. The van der Waals surface area contributed by atoms with E-state index in [1.54, 1.807) is 24.3 Å². The number of nitro groups is 1. The number of ether oxygens (including phenoxy) is 3. The van der Waals surface area contributed by atoms with Crippen molar-refractivity contribution in [1.82, 2.24) is 0 Å². The fraction of sp³-hybridized carbons (Fsp3) is 0.120. The van der Waals surface area contributed by atoms with Gasteiger partial charge in [-0.3, -0.25) is 10.1 Å². The van der Waals surface area contributed by atoms with Gasteiger partial charge in [-0.15, -0.1) is 0 Å². The van der Waals surface area contributed by atoms with Crippen molar-refractivity contribution in [1.29, 1.82) is 0 Å². The maximum atomic E-state index is 12.3. The van der Waals surface area contributed by atoms with E-state index in [9.17, 15) is 14.9 Å². The third-order valence-corrected chi connectivity index (χ3v) is 5.91. The Kier molecular flexibility index (Phi) is 7.21. The van der Waals surface area contributed by atoms with Gasteiger partial charge in [0.15, 0.2) is 17.2 Å². The molecular formula is C25H19IN2O6. The number of halogens is 1. The van der Waals surface area contributed by atoms with Crippen LogP contribution in [-0.4, -0.2) is 23.4 Å². The summed E-state index contributed by atoms with van der Waals surface area (Å²) in [4.78, 5) is 26.9. The molecule has 0 saturated heterocycles. The van der Waals surface area contributed by atoms with Crippen molar-refractivity contribution < 1.29 is 23.9 Å². The number of cyclic esters (lactones) is 1. The van der Waals surface area contributed by atoms with Crippen molar-refractivity contribution in [3.63, 3.8) is 0 Å². The molecule has 0 aliphatic carbocycles. The van der Waals surface area contributed by atoms with Crippen LogP contribution in [0.25, 0.3) is 6.08 Å². The Morgan fingerprint density at radius 2 is 1.82 bits per heavy atom. The molecule has 0 saturated carbocycles. The van der Waals surface area contributed by atoms with Gasteiger partial charge in [0.05, 0.1) is 11.5 Å². The van der Waals surface area contributed by atoms with Crippen LogP contribution in [0.3, 0.4) is 0 Å². The minimum atomic E-state index is -0.606. The second-order valence-corrected chi connectivity index (χ2v) is 8.32. The molecule has 0 atom stereocenters. The van der Waals surface area contributed by atoms with Crippen LogP contribution in [0.15, 0.2) is 77.4 Å². The summed E-state index contributed by atoms with van der Waals surface area (Å²) in [5.74, 6) is 0.625. The lowest BCUT2D eigenvalue weighted by atomic mass is 10.1. The number of nitrogens with zero attached hydrogens (tertiary/aromatic N) is 2. The minimum absolute atomic E-state index is 0.0582. The highest BCUT2D eigenvalue weighted by atomic mass is 127. The van der Waals surface area contributed by atoms with Gasteiger partial charge in [0.1, 0.15) is 6.61 Å². The average Bonchev–Trinajstić information content (AvgIpc) is 3.20.